The zero-order chi connectivity index (χ0) is 26.9. The van der Waals surface area contributed by atoms with Gasteiger partial charge in [0.15, 0.2) is 5.11 Å². The largest absolute Gasteiger partial charge is 0.497 e. The highest BCUT2D eigenvalue weighted by Crippen LogP contribution is 2.43. The number of methoxy groups -OCH3 is 1. The fraction of sp³-hybridized carbons (Fsp3) is 0.172. The predicted octanol–water partition coefficient (Wildman–Crippen LogP) is 5.38. The number of pyridine rings is 1. The molecule has 3 aromatic heterocycles. The van der Waals surface area contributed by atoms with Crippen molar-refractivity contribution in [3.05, 3.63) is 114 Å². The number of nitrogens with one attached hydrogen (secondary N) is 1. The molecule has 5 aromatic rings. The Kier molecular flexibility index (Phi) is 6.45. The molecule has 1 saturated heterocycles. The van der Waals surface area contributed by atoms with E-state index >= 15 is 0 Å². The smallest absolute Gasteiger partial charge is 0.174 e. The first-order chi connectivity index (χ1) is 19.0. The fourth-order valence-electron chi connectivity index (χ4n) is 5.13. The number of aromatic nitrogens is 5. The van der Waals surface area contributed by atoms with Crippen molar-refractivity contribution in [2.75, 3.05) is 12.0 Å². The predicted molar refractivity (Wildman–Crippen MR) is 152 cm³/mol. The molecule has 0 saturated carbocycles. The van der Waals surface area contributed by atoms with E-state index in [2.05, 4.69) is 50.0 Å². The maximum Gasteiger partial charge on any atom is 0.174 e. The molecular weight excluding hydrogens is 510 g/mol. The third kappa shape index (κ3) is 4.59. The quantitative estimate of drug-likeness (QED) is 0.277. The van der Waals surface area contributed by atoms with Crippen LogP contribution in [0.2, 0.25) is 0 Å². The molecule has 10 heteroatoms. The molecule has 2 atom stereocenters. The van der Waals surface area contributed by atoms with Crippen molar-refractivity contribution >= 4 is 23.0 Å². The average molecular weight is 538 g/mol. The number of rotatable bonds is 7. The fourth-order valence-corrected chi connectivity index (χ4v) is 5.48. The minimum Gasteiger partial charge on any atom is -0.497 e. The first-order valence-corrected chi connectivity index (χ1v) is 12.9. The van der Waals surface area contributed by atoms with Gasteiger partial charge in [0, 0.05) is 28.8 Å². The summed E-state index contributed by atoms with van der Waals surface area (Å²) in [6.45, 7) is 4.17. The molecule has 1 aliphatic rings. The first kappa shape index (κ1) is 24.6. The van der Waals surface area contributed by atoms with E-state index in [4.69, 9.17) is 21.7 Å². The van der Waals surface area contributed by atoms with Crippen molar-refractivity contribution in [3.8, 4) is 17.2 Å². The van der Waals surface area contributed by atoms with E-state index in [-0.39, 0.29) is 12.1 Å². The molecule has 0 spiro atoms. The van der Waals surface area contributed by atoms with Crippen molar-refractivity contribution in [2.24, 2.45) is 0 Å². The van der Waals surface area contributed by atoms with E-state index in [0.29, 0.717) is 5.11 Å². The molecular formula is C29H27N7O2S. The second-order valence-corrected chi connectivity index (χ2v) is 9.63. The summed E-state index contributed by atoms with van der Waals surface area (Å²) in [6.07, 6.45) is 5.19. The van der Waals surface area contributed by atoms with Crippen LogP contribution in [0.3, 0.4) is 0 Å². The van der Waals surface area contributed by atoms with Gasteiger partial charge in [-0.2, -0.15) is 0 Å². The van der Waals surface area contributed by atoms with Crippen molar-refractivity contribution in [2.45, 2.75) is 25.9 Å². The van der Waals surface area contributed by atoms with Crippen LogP contribution in [0.25, 0.3) is 0 Å². The number of hydrogen-bond donors (Lipinski definition) is 1. The van der Waals surface area contributed by atoms with Gasteiger partial charge in [0.05, 0.1) is 24.9 Å². The van der Waals surface area contributed by atoms with Crippen LogP contribution < -0.4 is 19.7 Å². The molecule has 1 N–H and O–H groups in total. The Hall–Kier alpha value is -4.70. The molecule has 196 valence electrons. The molecule has 2 unspecified atom stereocenters. The Labute approximate surface area is 231 Å². The van der Waals surface area contributed by atoms with Crippen LogP contribution in [0, 0.1) is 13.8 Å². The lowest BCUT2D eigenvalue weighted by atomic mass is 9.96. The summed E-state index contributed by atoms with van der Waals surface area (Å²) >= 11 is 5.91. The van der Waals surface area contributed by atoms with E-state index in [1.807, 2.05) is 77.6 Å². The highest BCUT2D eigenvalue weighted by atomic mass is 32.1. The van der Waals surface area contributed by atoms with Gasteiger partial charge in [-0.05, 0) is 92.8 Å². The van der Waals surface area contributed by atoms with E-state index in [1.165, 1.54) is 0 Å². The molecule has 9 nitrogen and oxygen atoms in total. The maximum absolute atomic E-state index is 6.05. The number of aryl methyl sites for hydroxylation is 1. The molecule has 0 bridgehead atoms. The van der Waals surface area contributed by atoms with Crippen molar-refractivity contribution in [3.63, 3.8) is 0 Å². The minimum atomic E-state index is -0.149. The number of thiocarbonyl (C=S) groups is 1. The van der Waals surface area contributed by atoms with Crippen LogP contribution in [-0.4, -0.2) is 36.8 Å². The summed E-state index contributed by atoms with van der Waals surface area (Å²) in [7, 11) is 1.64. The van der Waals surface area contributed by atoms with E-state index in [0.717, 1.165) is 45.6 Å². The van der Waals surface area contributed by atoms with Gasteiger partial charge in [-0.1, -0.05) is 6.07 Å². The third-order valence-corrected chi connectivity index (χ3v) is 7.21. The number of benzene rings is 2. The number of hydrogen-bond acceptors (Lipinski definition) is 6. The Balaban J connectivity index is 1.37. The van der Waals surface area contributed by atoms with Crippen molar-refractivity contribution in [1.82, 2.24) is 29.9 Å². The zero-order valence-electron chi connectivity index (χ0n) is 21.7. The van der Waals surface area contributed by atoms with Gasteiger partial charge in [-0.3, -0.25) is 9.66 Å². The SMILES string of the molecule is COc1ccc(Oc2ccc(N3C(=S)NC(c4ccccn4)C3c3cc(C)n(-n4cnnc4)c3C)cc2)cc1. The Morgan fingerprint density at radius 3 is 2.18 bits per heavy atom. The number of anilines is 1. The molecule has 1 fully saturated rings. The molecule has 6 rings (SSSR count). The lowest BCUT2D eigenvalue weighted by Crippen LogP contribution is -2.29. The summed E-state index contributed by atoms with van der Waals surface area (Å²) in [5, 5.41) is 12.2. The van der Waals surface area contributed by atoms with E-state index in [1.54, 1.807) is 19.8 Å². The van der Waals surface area contributed by atoms with Crippen LogP contribution in [0.4, 0.5) is 5.69 Å². The summed E-state index contributed by atoms with van der Waals surface area (Å²) in [5.41, 5.74) is 5.12. The van der Waals surface area contributed by atoms with Gasteiger partial charge in [-0.15, -0.1) is 10.2 Å². The third-order valence-electron chi connectivity index (χ3n) is 6.90. The number of ether oxygens (including phenoxy) is 2. The van der Waals surface area contributed by atoms with Crippen molar-refractivity contribution < 1.29 is 9.47 Å². The number of nitrogens with zero attached hydrogens (tertiary/aromatic N) is 6. The van der Waals surface area contributed by atoms with Crippen LogP contribution in [0.1, 0.15) is 34.7 Å². The molecule has 39 heavy (non-hydrogen) atoms. The Morgan fingerprint density at radius 2 is 1.54 bits per heavy atom. The van der Waals surface area contributed by atoms with Crippen LogP contribution in [0.5, 0.6) is 17.2 Å². The summed E-state index contributed by atoms with van der Waals surface area (Å²) in [4.78, 5) is 6.83. The van der Waals surface area contributed by atoms with Gasteiger partial charge < -0.3 is 19.7 Å². The van der Waals surface area contributed by atoms with Gasteiger partial charge in [0.2, 0.25) is 0 Å². The monoisotopic (exact) mass is 537 g/mol. The highest BCUT2D eigenvalue weighted by Gasteiger charge is 2.42. The van der Waals surface area contributed by atoms with Crippen LogP contribution in [0.15, 0.2) is 91.6 Å². The molecule has 2 aromatic carbocycles. The molecule has 0 radical (unpaired) electrons. The molecule has 0 amide bonds. The second kappa shape index (κ2) is 10.2. The Morgan fingerprint density at radius 1 is 0.872 bits per heavy atom. The molecule has 0 aliphatic carbocycles. The van der Waals surface area contributed by atoms with Crippen LogP contribution >= 0.6 is 12.2 Å². The van der Waals surface area contributed by atoms with Gasteiger partial charge in [0.1, 0.15) is 29.9 Å². The van der Waals surface area contributed by atoms with E-state index < -0.39 is 0 Å². The minimum absolute atomic E-state index is 0.141. The van der Waals surface area contributed by atoms with E-state index in [9.17, 15) is 0 Å². The second-order valence-electron chi connectivity index (χ2n) is 9.25. The van der Waals surface area contributed by atoms with Gasteiger partial charge >= 0.3 is 0 Å². The molecule has 4 heterocycles. The lowest BCUT2D eigenvalue weighted by Gasteiger charge is -2.28. The lowest BCUT2D eigenvalue weighted by molar-refractivity contribution is 0.413. The average Bonchev–Trinajstić information content (AvgIpc) is 3.68. The first-order valence-electron chi connectivity index (χ1n) is 12.5. The Bertz CT molecular complexity index is 1580. The van der Waals surface area contributed by atoms with Gasteiger partial charge in [-0.25, -0.2) is 4.68 Å². The van der Waals surface area contributed by atoms with Crippen molar-refractivity contribution in [1.29, 1.82) is 0 Å². The maximum atomic E-state index is 6.05. The van der Waals surface area contributed by atoms with Gasteiger partial charge in [0.25, 0.3) is 0 Å². The summed E-state index contributed by atoms with van der Waals surface area (Å²) in [6, 6.07) is 23.3. The standard InChI is InChI=1S/C29H27N7O2S/c1-19-16-25(20(2)36(19)34-17-31-32-18-34)28-27(26-6-4-5-15-30-26)33-29(39)35(28)21-7-9-23(10-8-21)38-24-13-11-22(37-3)12-14-24/h4-18,27-28H,1-3H3,(H,33,39). The van der Waals surface area contributed by atoms with Crippen LogP contribution in [-0.2, 0) is 0 Å². The summed E-state index contributed by atoms with van der Waals surface area (Å²) < 4.78 is 15.3. The molecule has 1 aliphatic heterocycles. The zero-order valence-corrected chi connectivity index (χ0v) is 22.5. The highest BCUT2D eigenvalue weighted by molar-refractivity contribution is 7.80. The topological polar surface area (TPSA) is 82.3 Å². The normalized spacial score (nSPS) is 16.8. The summed E-state index contributed by atoms with van der Waals surface area (Å²) in [5.74, 6) is 2.24.